The van der Waals surface area contributed by atoms with E-state index in [0.29, 0.717) is 11.0 Å². The van der Waals surface area contributed by atoms with Gasteiger partial charge in [-0.2, -0.15) is 0 Å². The number of halogens is 2. The predicted octanol–water partition coefficient (Wildman–Crippen LogP) is 2.88. The summed E-state index contributed by atoms with van der Waals surface area (Å²) in [4.78, 5) is 0. The van der Waals surface area contributed by atoms with Crippen LogP contribution in [0.4, 0.5) is 4.39 Å². The number of benzene rings is 1. The first kappa shape index (κ1) is 13.0. The molecule has 4 heteroatoms. The molecule has 1 aromatic rings. The van der Waals surface area contributed by atoms with E-state index in [1.807, 2.05) is 12.1 Å². The van der Waals surface area contributed by atoms with Crippen molar-refractivity contribution in [2.45, 2.75) is 25.9 Å². The van der Waals surface area contributed by atoms with Crippen LogP contribution in [0.3, 0.4) is 0 Å². The molecule has 0 radical (unpaired) electrons. The van der Waals surface area contributed by atoms with Gasteiger partial charge in [-0.25, -0.2) is 4.39 Å². The van der Waals surface area contributed by atoms with E-state index in [1.54, 1.807) is 0 Å². The Balaban J connectivity index is 2.21. The second-order valence-corrected chi connectivity index (χ2v) is 5.61. The molecule has 0 amide bonds. The van der Waals surface area contributed by atoms with Crippen LogP contribution in [0.5, 0.6) is 0 Å². The first-order valence-corrected chi connectivity index (χ1v) is 6.62. The average molecular weight is 302 g/mol. The Labute approximate surface area is 109 Å². The molecule has 17 heavy (non-hydrogen) atoms. The van der Waals surface area contributed by atoms with Gasteiger partial charge in [-0.3, -0.25) is 0 Å². The molecule has 94 valence electrons. The summed E-state index contributed by atoms with van der Waals surface area (Å²) in [5.74, 6) is -0.230. The Morgan fingerprint density at radius 2 is 2.35 bits per heavy atom. The molecule has 2 atom stereocenters. The maximum Gasteiger partial charge on any atom is 0.137 e. The van der Waals surface area contributed by atoms with Crippen LogP contribution in [-0.4, -0.2) is 19.3 Å². The molecule has 2 rings (SSSR count). The number of hydrogen-bond donors (Lipinski definition) is 1. The smallest absolute Gasteiger partial charge is 0.137 e. The van der Waals surface area contributed by atoms with E-state index >= 15 is 0 Å². The van der Waals surface area contributed by atoms with Gasteiger partial charge in [-0.15, -0.1) is 0 Å². The van der Waals surface area contributed by atoms with E-state index in [9.17, 15) is 4.39 Å². The van der Waals surface area contributed by atoms with Crippen molar-refractivity contribution in [1.29, 1.82) is 0 Å². The lowest BCUT2D eigenvalue weighted by atomic mass is 9.76. The highest BCUT2D eigenvalue weighted by Gasteiger charge is 2.40. The highest BCUT2D eigenvalue weighted by atomic mass is 79.9. The van der Waals surface area contributed by atoms with E-state index < -0.39 is 0 Å². The van der Waals surface area contributed by atoms with Crippen LogP contribution in [0.25, 0.3) is 0 Å². The summed E-state index contributed by atoms with van der Waals surface area (Å²) in [6.45, 7) is 3.43. The Morgan fingerprint density at radius 3 is 2.88 bits per heavy atom. The minimum Gasteiger partial charge on any atom is -0.378 e. The fourth-order valence-corrected chi connectivity index (χ4v) is 2.87. The molecule has 1 aromatic carbocycles. The fraction of sp³-hybridized carbons (Fsp3) is 0.538. The Bertz CT molecular complexity index is 412. The Morgan fingerprint density at radius 1 is 1.59 bits per heavy atom. The third-order valence-electron chi connectivity index (χ3n) is 3.78. The highest BCUT2D eigenvalue weighted by Crippen LogP contribution is 2.37. The SMILES string of the molecule is CC1OCCC1(CN)Cc1ccc(F)c(Br)c1. The first-order valence-electron chi connectivity index (χ1n) is 5.83. The molecule has 0 aliphatic carbocycles. The minimum absolute atomic E-state index is 0.00271. The zero-order valence-electron chi connectivity index (χ0n) is 9.88. The van der Waals surface area contributed by atoms with Crippen molar-refractivity contribution in [3.05, 3.63) is 34.1 Å². The Kier molecular flexibility index (Phi) is 3.85. The van der Waals surface area contributed by atoms with Crippen LogP contribution in [0.15, 0.2) is 22.7 Å². The summed E-state index contributed by atoms with van der Waals surface area (Å²) >= 11 is 3.21. The molecule has 0 spiro atoms. The molecule has 2 N–H and O–H groups in total. The van der Waals surface area contributed by atoms with Gasteiger partial charge >= 0.3 is 0 Å². The summed E-state index contributed by atoms with van der Waals surface area (Å²) < 4.78 is 19.3. The summed E-state index contributed by atoms with van der Waals surface area (Å²) in [6.07, 6.45) is 1.97. The Hall–Kier alpha value is -0.450. The third-order valence-corrected chi connectivity index (χ3v) is 4.38. The zero-order chi connectivity index (χ0) is 12.5. The maximum atomic E-state index is 13.2. The molecule has 2 unspecified atom stereocenters. The normalized spacial score (nSPS) is 28.6. The number of ether oxygens (including phenoxy) is 1. The fourth-order valence-electron chi connectivity index (χ4n) is 2.45. The van der Waals surface area contributed by atoms with Gasteiger partial charge in [0.1, 0.15) is 5.82 Å². The third kappa shape index (κ3) is 2.54. The maximum absolute atomic E-state index is 13.2. The number of nitrogens with two attached hydrogens (primary N) is 1. The van der Waals surface area contributed by atoms with Crippen LogP contribution in [-0.2, 0) is 11.2 Å². The van der Waals surface area contributed by atoms with Crippen LogP contribution < -0.4 is 5.73 Å². The molecule has 1 heterocycles. The molecule has 0 aromatic heterocycles. The molecule has 1 saturated heterocycles. The lowest BCUT2D eigenvalue weighted by Gasteiger charge is -2.30. The number of hydrogen-bond acceptors (Lipinski definition) is 2. The van der Waals surface area contributed by atoms with Gasteiger partial charge in [0.2, 0.25) is 0 Å². The van der Waals surface area contributed by atoms with Gasteiger partial charge < -0.3 is 10.5 Å². The molecular formula is C13H17BrFNO. The zero-order valence-corrected chi connectivity index (χ0v) is 11.5. The van der Waals surface area contributed by atoms with Crippen molar-refractivity contribution in [2.75, 3.05) is 13.2 Å². The monoisotopic (exact) mass is 301 g/mol. The summed E-state index contributed by atoms with van der Waals surface area (Å²) in [5.41, 5.74) is 7.00. The van der Waals surface area contributed by atoms with Gasteiger partial charge in [-0.1, -0.05) is 6.07 Å². The van der Waals surface area contributed by atoms with E-state index in [1.165, 1.54) is 6.07 Å². The lowest BCUT2D eigenvalue weighted by Crippen LogP contribution is -2.38. The molecule has 1 aliphatic heterocycles. The molecule has 1 fully saturated rings. The summed E-state index contributed by atoms with van der Waals surface area (Å²) in [6, 6.07) is 5.14. The van der Waals surface area contributed by atoms with Crippen LogP contribution in [0.1, 0.15) is 18.9 Å². The topological polar surface area (TPSA) is 35.2 Å². The van der Waals surface area contributed by atoms with E-state index in [4.69, 9.17) is 10.5 Å². The van der Waals surface area contributed by atoms with Crippen LogP contribution in [0.2, 0.25) is 0 Å². The van der Waals surface area contributed by atoms with E-state index in [-0.39, 0.29) is 17.3 Å². The summed E-state index contributed by atoms with van der Waals surface area (Å²) in [5, 5.41) is 0. The quantitative estimate of drug-likeness (QED) is 0.932. The standard InChI is InChI=1S/C13H17BrFNO/c1-9-13(8-16,4-5-17-9)7-10-2-3-12(15)11(14)6-10/h2-3,6,9H,4-5,7-8,16H2,1H3. The van der Waals surface area contributed by atoms with Gasteiger partial charge in [-0.05, 0) is 53.4 Å². The minimum atomic E-state index is -0.230. The van der Waals surface area contributed by atoms with E-state index in [2.05, 4.69) is 22.9 Å². The van der Waals surface area contributed by atoms with Gasteiger partial charge in [0, 0.05) is 18.6 Å². The second kappa shape index (κ2) is 5.04. The molecule has 2 nitrogen and oxygen atoms in total. The number of rotatable bonds is 3. The van der Waals surface area contributed by atoms with Crippen molar-refractivity contribution in [3.8, 4) is 0 Å². The largest absolute Gasteiger partial charge is 0.378 e. The average Bonchev–Trinajstić information content (AvgIpc) is 2.66. The van der Waals surface area contributed by atoms with Crippen molar-refractivity contribution < 1.29 is 9.13 Å². The second-order valence-electron chi connectivity index (χ2n) is 4.75. The molecule has 1 aliphatic rings. The molecule has 0 saturated carbocycles. The van der Waals surface area contributed by atoms with Crippen molar-refractivity contribution in [1.82, 2.24) is 0 Å². The molecular weight excluding hydrogens is 285 g/mol. The molecule has 0 bridgehead atoms. The summed E-state index contributed by atoms with van der Waals surface area (Å²) in [7, 11) is 0. The van der Waals surface area contributed by atoms with Crippen LogP contribution >= 0.6 is 15.9 Å². The highest BCUT2D eigenvalue weighted by molar-refractivity contribution is 9.10. The van der Waals surface area contributed by atoms with Crippen molar-refractivity contribution in [3.63, 3.8) is 0 Å². The first-order chi connectivity index (χ1) is 8.07. The van der Waals surface area contributed by atoms with Gasteiger partial charge in [0.15, 0.2) is 0 Å². The van der Waals surface area contributed by atoms with Crippen molar-refractivity contribution >= 4 is 15.9 Å². The van der Waals surface area contributed by atoms with Crippen molar-refractivity contribution in [2.24, 2.45) is 11.1 Å². The lowest BCUT2D eigenvalue weighted by molar-refractivity contribution is 0.0673. The van der Waals surface area contributed by atoms with Gasteiger partial charge in [0.05, 0.1) is 10.6 Å². The van der Waals surface area contributed by atoms with Crippen LogP contribution in [0, 0.1) is 11.2 Å². The van der Waals surface area contributed by atoms with E-state index in [0.717, 1.165) is 25.0 Å². The predicted molar refractivity (Wildman–Crippen MR) is 69.3 cm³/mol. The van der Waals surface area contributed by atoms with Gasteiger partial charge in [0.25, 0.3) is 0 Å².